The lowest BCUT2D eigenvalue weighted by Gasteiger charge is -2.31. The van der Waals surface area contributed by atoms with Crippen molar-refractivity contribution in [3.05, 3.63) is 77.9 Å². The number of hydrogen-bond donors (Lipinski definition) is 3. The van der Waals surface area contributed by atoms with Gasteiger partial charge in [0.25, 0.3) is 0 Å². The molecule has 0 spiro atoms. The number of hydrogen-bond acceptors (Lipinski definition) is 6. The second-order valence-corrected chi connectivity index (χ2v) is 9.61. The van der Waals surface area contributed by atoms with Gasteiger partial charge < -0.3 is 20.4 Å². The number of imidazole rings is 1. The Morgan fingerprint density at radius 1 is 1.09 bits per heavy atom. The first-order valence-electron chi connectivity index (χ1n) is 11.7. The van der Waals surface area contributed by atoms with Crippen LogP contribution in [0.2, 0.25) is 0 Å². The number of benzene rings is 2. The Bertz CT molecular complexity index is 1370. The van der Waals surface area contributed by atoms with Gasteiger partial charge in [0.05, 0.1) is 19.0 Å². The molecule has 2 fully saturated rings. The summed E-state index contributed by atoms with van der Waals surface area (Å²) in [5.74, 6) is 0.332. The van der Waals surface area contributed by atoms with Crippen LogP contribution < -0.4 is 15.4 Å². The number of methoxy groups -OCH3 is 1. The molecular weight excluding hydrogens is 450 g/mol. The molecule has 4 aromatic rings. The van der Waals surface area contributed by atoms with E-state index in [1.807, 2.05) is 18.2 Å². The van der Waals surface area contributed by atoms with E-state index in [9.17, 15) is 8.78 Å². The van der Waals surface area contributed by atoms with E-state index in [1.54, 1.807) is 13.4 Å². The van der Waals surface area contributed by atoms with Crippen molar-refractivity contribution in [2.45, 2.75) is 37.3 Å². The molecule has 2 atom stereocenters. The molecule has 3 N–H and O–H groups in total. The molecule has 2 aliphatic carbocycles. The summed E-state index contributed by atoms with van der Waals surface area (Å²) in [7, 11) is 1.66. The highest BCUT2D eigenvalue weighted by molar-refractivity contribution is 5.83. The zero-order valence-corrected chi connectivity index (χ0v) is 19.3. The largest absolute Gasteiger partial charge is 0.497 e. The number of anilines is 1. The van der Waals surface area contributed by atoms with Crippen LogP contribution in [0.1, 0.15) is 36.3 Å². The molecule has 0 bridgehead atoms. The summed E-state index contributed by atoms with van der Waals surface area (Å²) in [5.41, 5.74) is 2.65. The first kappa shape index (κ1) is 21.9. The SMILES string of the molecule is COc1cccc(CNCC2(C3(Nc4ncnc5nc[nH]c45)CC3c3cc(F)cc(F)c3)CC2)c1. The fraction of sp³-hybridized carbons (Fsp3) is 0.346. The Balaban J connectivity index is 1.29. The second-order valence-electron chi connectivity index (χ2n) is 9.61. The molecule has 7 nitrogen and oxygen atoms in total. The van der Waals surface area contributed by atoms with Gasteiger partial charge in [-0.25, -0.2) is 23.7 Å². The summed E-state index contributed by atoms with van der Waals surface area (Å²) in [6, 6.07) is 11.8. The van der Waals surface area contributed by atoms with E-state index < -0.39 is 11.6 Å². The van der Waals surface area contributed by atoms with Crippen molar-refractivity contribution in [1.82, 2.24) is 25.3 Å². The number of fused-ring (bicyclic) bond motifs is 1. The summed E-state index contributed by atoms with van der Waals surface area (Å²) >= 11 is 0. The summed E-state index contributed by atoms with van der Waals surface area (Å²) < 4.78 is 33.6. The van der Waals surface area contributed by atoms with Crippen molar-refractivity contribution in [2.24, 2.45) is 5.41 Å². The smallest absolute Gasteiger partial charge is 0.182 e. The number of ether oxygens (including phenoxy) is 1. The number of halogens is 2. The van der Waals surface area contributed by atoms with Crippen LogP contribution in [-0.2, 0) is 6.54 Å². The Hall–Kier alpha value is -3.59. The van der Waals surface area contributed by atoms with Crippen molar-refractivity contribution in [3.8, 4) is 5.75 Å². The van der Waals surface area contributed by atoms with Crippen molar-refractivity contribution in [1.29, 1.82) is 0 Å². The van der Waals surface area contributed by atoms with E-state index in [1.165, 1.54) is 18.5 Å². The zero-order valence-electron chi connectivity index (χ0n) is 19.3. The maximum absolute atomic E-state index is 14.1. The third kappa shape index (κ3) is 3.89. The molecule has 0 radical (unpaired) electrons. The molecule has 2 heterocycles. The number of nitrogens with one attached hydrogen (secondary N) is 3. The molecule has 2 saturated carbocycles. The number of nitrogens with zero attached hydrogens (tertiary/aromatic N) is 3. The highest BCUT2D eigenvalue weighted by Gasteiger charge is 2.71. The maximum atomic E-state index is 14.1. The third-order valence-electron chi connectivity index (χ3n) is 7.54. The van der Waals surface area contributed by atoms with E-state index >= 15 is 0 Å². The number of rotatable bonds is 9. The molecule has 9 heteroatoms. The van der Waals surface area contributed by atoms with Gasteiger partial charge in [0, 0.05) is 30.5 Å². The predicted octanol–water partition coefficient (Wildman–Crippen LogP) is 4.55. The molecule has 0 aliphatic heterocycles. The average Bonchev–Trinajstić information content (AvgIpc) is 3.74. The fourth-order valence-electron chi connectivity index (χ4n) is 5.53. The first-order chi connectivity index (χ1) is 17.0. The van der Waals surface area contributed by atoms with E-state index in [0.29, 0.717) is 23.6 Å². The summed E-state index contributed by atoms with van der Waals surface area (Å²) in [6.07, 6.45) is 5.86. The van der Waals surface area contributed by atoms with Gasteiger partial charge in [0.2, 0.25) is 0 Å². The summed E-state index contributed by atoms with van der Waals surface area (Å²) in [5, 5.41) is 7.31. The minimum atomic E-state index is -0.556. The van der Waals surface area contributed by atoms with Crippen LogP contribution in [0.4, 0.5) is 14.6 Å². The van der Waals surface area contributed by atoms with Crippen LogP contribution in [0.5, 0.6) is 5.75 Å². The maximum Gasteiger partial charge on any atom is 0.182 e. The monoisotopic (exact) mass is 476 g/mol. The van der Waals surface area contributed by atoms with Gasteiger partial charge in [0.1, 0.15) is 29.2 Å². The first-order valence-corrected chi connectivity index (χ1v) is 11.7. The minimum absolute atomic E-state index is 0.0400. The topological polar surface area (TPSA) is 87.8 Å². The normalized spacial score (nSPS) is 22.2. The van der Waals surface area contributed by atoms with Gasteiger partial charge >= 0.3 is 0 Å². The highest BCUT2D eigenvalue weighted by Crippen LogP contribution is 2.71. The Morgan fingerprint density at radius 3 is 2.69 bits per heavy atom. The summed E-state index contributed by atoms with van der Waals surface area (Å²) in [6.45, 7) is 1.47. The van der Waals surface area contributed by atoms with Crippen molar-refractivity contribution >= 4 is 17.0 Å². The van der Waals surface area contributed by atoms with Crippen LogP contribution in [0.3, 0.4) is 0 Å². The highest BCUT2D eigenvalue weighted by atomic mass is 19.1. The molecule has 2 aliphatic rings. The molecule has 0 saturated heterocycles. The third-order valence-corrected chi connectivity index (χ3v) is 7.54. The number of aromatic amines is 1. The molecule has 2 unspecified atom stereocenters. The lowest BCUT2D eigenvalue weighted by Crippen LogP contribution is -2.41. The van der Waals surface area contributed by atoms with Gasteiger partial charge in [-0.2, -0.15) is 0 Å². The molecular formula is C26H26F2N6O. The van der Waals surface area contributed by atoms with Crippen molar-refractivity contribution < 1.29 is 13.5 Å². The van der Waals surface area contributed by atoms with Crippen molar-refractivity contribution in [2.75, 3.05) is 19.0 Å². The van der Waals surface area contributed by atoms with Gasteiger partial charge in [-0.15, -0.1) is 0 Å². The Labute approximate surface area is 201 Å². The van der Waals surface area contributed by atoms with Gasteiger partial charge in [-0.3, -0.25) is 0 Å². The molecule has 6 rings (SSSR count). The Kier molecular flexibility index (Phi) is 5.17. The molecule has 180 valence electrons. The zero-order chi connectivity index (χ0) is 24.0. The van der Waals surface area contributed by atoms with Gasteiger partial charge in [-0.05, 0) is 54.7 Å². The van der Waals surface area contributed by atoms with Gasteiger partial charge in [0.15, 0.2) is 11.5 Å². The molecule has 2 aromatic heterocycles. The van der Waals surface area contributed by atoms with Crippen LogP contribution in [0.15, 0.2) is 55.1 Å². The van der Waals surface area contributed by atoms with E-state index in [4.69, 9.17) is 4.74 Å². The standard InChI is InChI=1S/C26H26F2N6O/c1-35-20-4-2-3-16(7-20)12-29-13-25(5-6-25)26(11-21(26)17-8-18(27)10-19(28)9-17)34-24-22-23(31-14-30-22)32-15-33-24/h2-4,7-10,14-15,21,29H,5-6,11-13H2,1H3,(H2,30,31,32,33,34). The van der Waals surface area contributed by atoms with Crippen LogP contribution >= 0.6 is 0 Å². The lowest BCUT2D eigenvalue weighted by atomic mass is 9.88. The van der Waals surface area contributed by atoms with Crippen molar-refractivity contribution in [3.63, 3.8) is 0 Å². The van der Waals surface area contributed by atoms with E-state index in [-0.39, 0.29) is 16.9 Å². The molecule has 0 amide bonds. The van der Waals surface area contributed by atoms with Crippen LogP contribution in [0.25, 0.3) is 11.2 Å². The average molecular weight is 477 g/mol. The molecule has 35 heavy (non-hydrogen) atoms. The lowest BCUT2D eigenvalue weighted by molar-refractivity contribution is 0.366. The van der Waals surface area contributed by atoms with Gasteiger partial charge in [-0.1, -0.05) is 12.1 Å². The number of H-pyrrole nitrogens is 1. The minimum Gasteiger partial charge on any atom is -0.497 e. The predicted molar refractivity (Wildman–Crippen MR) is 128 cm³/mol. The number of aromatic nitrogens is 4. The van der Waals surface area contributed by atoms with E-state index in [0.717, 1.165) is 48.7 Å². The van der Waals surface area contributed by atoms with Crippen LogP contribution in [-0.4, -0.2) is 39.1 Å². The fourth-order valence-corrected chi connectivity index (χ4v) is 5.53. The molecule has 2 aromatic carbocycles. The van der Waals surface area contributed by atoms with E-state index in [2.05, 4.69) is 36.6 Å². The Morgan fingerprint density at radius 2 is 1.91 bits per heavy atom. The van der Waals surface area contributed by atoms with Crippen LogP contribution in [0, 0.1) is 17.0 Å². The second kappa shape index (κ2) is 8.27. The summed E-state index contributed by atoms with van der Waals surface area (Å²) in [4.78, 5) is 16.0. The quantitative estimate of drug-likeness (QED) is 0.329.